The lowest BCUT2D eigenvalue weighted by atomic mass is 9.87. The van der Waals surface area contributed by atoms with Crippen molar-refractivity contribution >= 4 is 17.7 Å². The summed E-state index contributed by atoms with van der Waals surface area (Å²) in [5.41, 5.74) is 2.02. The fourth-order valence-corrected chi connectivity index (χ4v) is 4.77. The second kappa shape index (κ2) is 10.7. The molecule has 1 heterocycles. The summed E-state index contributed by atoms with van der Waals surface area (Å²) in [6.45, 7) is 4.59. The molecule has 6 nitrogen and oxygen atoms in total. The van der Waals surface area contributed by atoms with Crippen LogP contribution < -0.4 is 10.1 Å². The fraction of sp³-hybridized carbons (Fsp3) is 0.400. The zero-order chi connectivity index (χ0) is 22.3. The molecule has 0 atom stereocenters. The summed E-state index contributed by atoms with van der Waals surface area (Å²) in [6.07, 6.45) is 4.51. The topological polar surface area (TPSA) is 69.0 Å². The van der Waals surface area contributed by atoms with Crippen molar-refractivity contribution in [2.45, 2.75) is 57.3 Å². The summed E-state index contributed by atoms with van der Waals surface area (Å²) >= 11 is 1.41. The van der Waals surface area contributed by atoms with Crippen LogP contribution in [0.5, 0.6) is 5.75 Å². The molecule has 1 N–H and O–H groups in total. The average Bonchev–Trinajstić information content (AvgIpc) is 3.22. The highest BCUT2D eigenvalue weighted by molar-refractivity contribution is 7.99. The lowest BCUT2D eigenvalue weighted by Gasteiger charge is -2.26. The van der Waals surface area contributed by atoms with E-state index in [-0.39, 0.29) is 5.91 Å². The van der Waals surface area contributed by atoms with Crippen LogP contribution in [0, 0.1) is 12.8 Å². The van der Waals surface area contributed by atoms with Gasteiger partial charge in [0.05, 0.1) is 5.75 Å². The number of para-hydroxylation sites is 2. The molecule has 168 valence electrons. The Morgan fingerprint density at radius 3 is 2.53 bits per heavy atom. The van der Waals surface area contributed by atoms with Gasteiger partial charge in [-0.05, 0) is 62.3 Å². The van der Waals surface area contributed by atoms with Crippen molar-refractivity contribution in [3.63, 3.8) is 0 Å². The van der Waals surface area contributed by atoms with Crippen LogP contribution in [-0.4, -0.2) is 32.5 Å². The summed E-state index contributed by atoms with van der Waals surface area (Å²) in [5, 5.41) is 12.6. The summed E-state index contributed by atoms with van der Waals surface area (Å²) in [5.74, 6) is 2.65. The minimum atomic E-state index is 0.0508. The normalized spacial score (nSPS) is 18.3. The lowest BCUT2D eigenvalue weighted by molar-refractivity contribution is -0.119. The highest BCUT2D eigenvalue weighted by atomic mass is 32.2. The maximum atomic E-state index is 12.6. The van der Waals surface area contributed by atoms with Gasteiger partial charge < -0.3 is 10.1 Å². The van der Waals surface area contributed by atoms with Gasteiger partial charge in [-0.2, -0.15) is 0 Å². The smallest absolute Gasteiger partial charge is 0.230 e. The molecule has 7 heteroatoms. The van der Waals surface area contributed by atoms with Crippen molar-refractivity contribution in [1.29, 1.82) is 0 Å². The Kier molecular flexibility index (Phi) is 7.47. The molecule has 0 unspecified atom stereocenters. The number of benzene rings is 2. The number of aromatic nitrogens is 3. The Morgan fingerprint density at radius 1 is 1.06 bits per heavy atom. The predicted octanol–water partition coefficient (Wildman–Crippen LogP) is 4.94. The maximum absolute atomic E-state index is 12.6. The maximum Gasteiger partial charge on any atom is 0.230 e. The number of carbonyl (C=O) groups is 1. The lowest BCUT2D eigenvalue weighted by Crippen LogP contribution is -2.38. The molecule has 4 rings (SSSR count). The number of hydrogen-bond donors (Lipinski definition) is 1. The Morgan fingerprint density at radius 2 is 1.78 bits per heavy atom. The number of thioether (sulfide) groups is 1. The quantitative estimate of drug-likeness (QED) is 0.492. The first-order valence-electron chi connectivity index (χ1n) is 11.2. The number of nitrogens with zero attached hydrogens (tertiary/aromatic N) is 3. The minimum absolute atomic E-state index is 0.0508. The van der Waals surface area contributed by atoms with Crippen molar-refractivity contribution in [3.05, 3.63) is 66.0 Å². The second-order valence-corrected chi connectivity index (χ2v) is 9.38. The van der Waals surface area contributed by atoms with Crippen LogP contribution in [0.4, 0.5) is 0 Å². The molecule has 32 heavy (non-hydrogen) atoms. The van der Waals surface area contributed by atoms with Gasteiger partial charge in [-0.1, -0.05) is 55.1 Å². The summed E-state index contributed by atoms with van der Waals surface area (Å²) < 4.78 is 7.99. The number of rotatable bonds is 8. The third-order valence-corrected chi connectivity index (χ3v) is 6.81. The SMILES string of the molecule is Cc1ccccc1OCc1nnc(SCC(=O)NC2CCC(C)CC2)n1-c1ccccc1. The van der Waals surface area contributed by atoms with E-state index in [0.717, 1.165) is 35.8 Å². The van der Waals surface area contributed by atoms with E-state index in [4.69, 9.17) is 4.74 Å². The zero-order valence-corrected chi connectivity index (χ0v) is 19.5. The molecular weight excluding hydrogens is 420 g/mol. The van der Waals surface area contributed by atoms with Crippen LogP contribution >= 0.6 is 11.8 Å². The van der Waals surface area contributed by atoms with Gasteiger partial charge in [-0.3, -0.25) is 9.36 Å². The highest BCUT2D eigenvalue weighted by Gasteiger charge is 2.21. The summed E-state index contributed by atoms with van der Waals surface area (Å²) in [6, 6.07) is 18.2. The van der Waals surface area contributed by atoms with E-state index in [1.54, 1.807) is 0 Å². The number of hydrogen-bond acceptors (Lipinski definition) is 5. The molecule has 1 aromatic heterocycles. The van der Waals surface area contributed by atoms with E-state index in [0.29, 0.717) is 29.4 Å². The molecule has 0 spiro atoms. The van der Waals surface area contributed by atoms with Crippen LogP contribution in [0.3, 0.4) is 0 Å². The Labute approximate surface area is 193 Å². The van der Waals surface area contributed by atoms with Crippen LogP contribution in [0.25, 0.3) is 5.69 Å². The Bertz CT molecular complexity index is 1030. The first-order valence-corrected chi connectivity index (χ1v) is 12.2. The molecular formula is C25H30N4O2S. The van der Waals surface area contributed by atoms with Crippen LogP contribution in [0.15, 0.2) is 59.8 Å². The third kappa shape index (κ3) is 5.71. The zero-order valence-electron chi connectivity index (χ0n) is 18.7. The van der Waals surface area contributed by atoms with Gasteiger partial charge in [0.1, 0.15) is 12.4 Å². The number of carbonyl (C=O) groups excluding carboxylic acids is 1. The van der Waals surface area contributed by atoms with E-state index >= 15 is 0 Å². The molecule has 1 fully saturated rings. The van der Waals surface area contributed by atoms with Gasteiger partial charge >= 0.3 is 0 Å². The van der Waals surface area contributed by atoms with Gasteiger partial charge in [0, 0.05) is 11.7 Å². The molecule has 0 saturated heterocycles. The van der Waals surface area contributed by atoms with Crippen molar-refractivity contribution in [2.75, 3.05) is 5.75 Å². The minimum Gasteiger partial charge on any atom is -0.485 e. The number of amides is 1. The molecule has 1 aliphatic rings. The van der Waals surface area contributed by atoms with E-state index in [2.05, 4.69) is 22.4 Å². The van der Waals surface area contributed by atoms with Crippen LogP contribution in [0.1, 0.15) is 44.0 Å². The van der Waals surface area contributed by atoms with Gasteiger partial charge in [-0.15, -0.1) is 10.2 Å². The monoisotopic (exact) mass is 450 g/mol. The Hall–Kier alpha value is -2.80. The van der Waals surface area contributed by atoms with E-state index in [9.17, 15) is 4.79 Å². The third-order valence-electron chi connectivity index (χ3n) is 5.88. The van der Waals surface area contributed by atoms with E-state index < -0.39 is 0 Å². The van der Waals surface area contributed by atoms with E-state index in [1.807, 2.05) is 66.1 Å². The highest BCUT2D eigenvalue weighted by Crippen LogP contribution is 2.25. The fourth-order valence-electron chi connectivity index (χ4n) is 3.99. The van der Waals surface area contributed by atoms with Crippen LogP contribution in [0.2, 0.25) is 0 Å². The van der Waals surface area contributed by atoms with E-state index in [1.165, 1.54) is 24.6 Å². The van der Waals surface area contributed by atoms with Gasteiger partial charge in [0.25, 0.3) is 0 Å². The molecule has 1 amide bonds. The standard InChI is InChI=1S/C25H30N4O2S/c1-18-12-14-20(15-13-18)26-24(30)17-32-25-28-27-23(29(25)21-9-4-3-5-10-21)16-31-22-11-7-6-8-19(22)2/h3-11,18,20H,12-17H2,1-2H3,(H,26,30). The first kappa shape index (κ1) is 22.4. The van der Waals surface area contributed by atoms with Gasteiger partial charge in [-0.25, -0.2) is 0 Å². The predicted molar refractivity (Wildman–Crippen MR) is 127 cm³/mol. The molecule has 0 bridgehead atoms. The van der Waals surface area contributed by atoms with Crippen molar-refractivity contribution in [2.24, 2.45) is 5.92 Å². The second-order valence-electron chi connectivity index (χ2n) is 8.44. The molecule has 2 aromatic carbocycles. The number of ether oxygens (including phenoxy) is 1. The van der Waals surface area contributed by atoms with Gasteiger partial charge in [0.2, 0.25) is 5.91 Å². The number of nitrogens with one attached hydrogen (secondary N) is 1. The number of aryl methyl sites for hydroxylation is 1. The molecule has 0 aliphatic heterocycles. The summed E-state index contributed by atoms with van der Waals surface area (Å²) in [4.78, 5) is 12.6. The molecule has 1 aliphatic carbocycles. The average molecular weight is 451 g/mol. The summed E-state index contributed by atoms with van der Waals surface area (Å²) in [7, 11) is 0. The Balaban J connectivity index is 1.44. The molecule has 0 radical (unpaired) electrons. The van der Waals surface area contributed by atoms with Crippen molar-refractivity contribution in [3.8, 4) is 11.4 Å². The molecule has 3 aromatic rings. The molecule has 1 saturated carbocycles. The van der Waals surface area contributed by atoms with Crippen molar-refractivity contribution < 1.29 is 9.53 Å². The van der Waals surface area contributed by atoms with Crippen LogP contribution in [-0.2, 0) is 11.4 Å². The first-order chi connectivity index (χ1) is 15.6. The van der Waals surface area contributed by atoms with Gasteiger partial charge in [0.15, 0.2) is 11.0 Å². The largest absolute Gasteiger partial charge is 0.485 e. The van der Waals surface area contributed by atoms with Crippen molar-refractivity contribution in [1.82, 2.24) is 20.1 Å².